The van der Waals surface area contributed by atoms with Crippen LogP contribution < -0.4 is 5.73 Å². The van der Waals surface area contributed by atoms with E-state index in [1.165, 1.54) is 0 Å². The number of hydrogen-bond acceptors (Lipinski definition) is 2. The Kier molecular flexibility index (Phi) is 3.86. The smallest absolute Gasteiger partial charge is 0.0948 e. The van der Waals surface area contributed by atoms with Gasteiger partial charge in [0.05, 0.1) is 11.0 Å². The first kappa shape index (κ1) is 11.4. The van der Waals surface area contributed by atoms with Crippen LogP contribution in [-0.4, -0.2) is 24.0 Å². The third-order valence-electron chi connectivity index (χ3n) is 1.99. The average Bonchev–Trinajstić information content (AvgIpc) is 2.07. The summed E-state index contributed by atoms with van der Waals surface area (Å²) in [6.45, 7) is 0. The molecule has 0 bridgehead atoms. The highest BCUT2D eigenvalue weighted by Crippen LogP contribution is 2.25. The van der Waals surface area contributed by atoms with Crippen molar-refractivity contribution in [1.82, 2.24) is 4.90 Å². The average molecular weight is 229 g/mol. The van der Waals surface area contributed by atoms with Crippen LogP contribution in [0.2, 0.25) is 5.02 Å². The molecule has 0 fully saturated rings. The fourth-order valence-electron chi connectivity index (χ4n) is 1.38. The zero-order chi connectivity index (χ0) is 10.7. The Labute approximate surface area is 94.7 Å². The molecule has 0 heterocycles. The molecule has 1 aromatic rings. The summed E-state index contributed by atoms with van der Waals surface area (Å²) >= 11 is 11.1. The van der Waals surface area contributed by atoms with Gasteiger partial charge >= 0.3 is 0 Å². The van der Waals surface area contributed by atoms with Crippen LogP contribution in [0.5, 0.6) is 0 Å². The van der Waals surface area contributed by atoms with Crippen molar-refractivity contribution >= 4 is 28.8 Å². The summed E-state index contributed by atoms with van der Waals surface area (Å²) in [5, 5.41) is 0.694. The molecule has 76 valence electrons. The Morgan fingerprint density at radius 2 is 2.00 bits per heavy atom. The molecule has 1 rings (SSSR count). The summed E-state index contributed by atoms with van der Waals surface area (Å²) in [4.78, 5) is 2.38. The highest BCUT2D eigenvalue weighted by atomic mass is 35.5. The van der Waals surface area contributed by atoms with Crippen molar-refractivity contribution < 1.29 is 0 Å². The number of benzene rings is 1. The third kappa shape index (κ3) is 2.44. The number of rotatable bonds is 3. The molecule has 1 atom stereocenters. The second kappa shape index (κ2) is 4.73. The molecule has 2 nitrogen and oxygen atoms in total. The van der Waals surface area contributed by atoms with Crippen molar-refractivity contribution in [3.8, 4) is 0 Å². The second-order valence-corrected chi connectivity index (χ2v) is 4.17. The van der Waals surface area contributed by atoms with Crippen LogP contribution in [0, 0.1) is 0 Å². The molecule has 0 amide bonds. The third-order valence-corrected chi connectivity index (χ3v) is 2.55. The van der Waals surface area contributed by atoms with Gasteiger partial charge in [-0.1, -0.05) is 42.0 Å². The van der Waals surface area contributed by atoms with Crippen LogP contribution in [0.25, 0.3) is 0 Å². The Morgan fingerprint density at radius 3 is 2.43 bits per heavy atom. The van der Waals surface area contributed by atoms with Gasteiger partial charge < -0.3 is 5.73 Å². The van der Waals surface area contributed by atoms with Gasteiger partial charge in [-0.3, -0.25) is 4.90 Å². The maximum atomic E-state index is 6.07. The minimum Gasteiger partial charge on any atom is -0.392 e. The quantitative estimate of drug-likeness (QED) is 0.805. The summed E-state index contributed by atoms with van der Waals surface area (Å²) in [5.74, 6) is 0. The van der Waals surface area contributed by atoms with Gasteiger partial charge in [-0.2, -0.15) is 0 Å². The van der Waals surface area contributed by atoms with Crippen LogP contribution in [-0.2, 0) is 0 Å². The van der Waals surface area contributed by atoms with Crippen LogP contribution in [0.3, 0.4) is 0 Å². The predicted molar refractivity (Wildman–Crippen MR) is 64.7 cm³/mol. The highest BCUT2D eigenvalue weighted by Gasteiger charge is 2.18. The molecular formula is C10H13ClN2S. The molecule has 1 aromatic carbocycles. The van der Waals surface area contributed by atoms with E-state index in [0.29, 0.717) is 10.0 Å². The van der Waals surface area contributed by atoms with Crippen molar-refractivity contribution in [2.45, 2.75) is 6.04 Å². The lowest BCUT2D eigenvalue weighted by Gasteiger charge is -2.24. The van der Waals surface area contributed by atoms with Gasteiger partial charge in [-0.15, -0.1) is 0 Å². The molecule has 4 heteroatoms. The van der Waals surface area contributed by atoms with E-state index < -0.39 is 0 Å². The molecular weight excluding hydrogens is 216 g/mol. The standard InChI is InChI=1S/C10H13ClN2S/c1-13(2)9(10(12)14)7-5-3-4-6-8(7)11/h3-6,9H,1-2H3,(H2,12,14). The molecule has 0 saturated heterocycles. The van der Waals surface area contributed by atoms with Crippen molar-refractivity contribution in [2.75, 3.05) is 14.1 Å². The van der Waals surface area contributed by atoms with Gasteiger partial charge in [0.1, 0.15) is 0 Å². The second-order valence-electron chi connectivity index (χ2n) is 3.29. The zero-order valence-corrected chi connectivity index (χ0v) is 9.77. The molecule has 0 aromatic heterocycles. The van der Waals surface area contributed by atoms with Gasteiger partial charge in [0, 0.05) is 5.02 Å². The van der Waals surface area contributed by atoms with Crippen LogP contribution >= 0.6 is 23.8 Å². The van der Waals surface area contributed by atoms with Gasteiger partial charge in [-0.25, -0.2) is 0 Å². The predicted octanol–water partition coefficient (Wildman–Crippen LogP) is 2.23. The minimum atomic E-state index is -0.0984. The van der Waals surface area contributed by atoms with E-state index in [9.17, 15) is 0 Å². The van der Waals surface area contributed by atoms with E-state index in [2.05, 4.69) is 0 Å². The van der Waals surface area contributed by atoms with E-state index in [-0.39, 0.29) is 6.04 Å². The molecule has 0 aliphatic rings. The molecule has 2 N–H and O–H groups in total. The molecule has 0 saturated carbocycles. The summed E-state index contributed by atoms with van der Waals surface area (Å²) < 4.78 is 0. The first-order valence-electron chi connectivity index (χ1n) is 4.24. The Hall–Kier alpha value is -0.640. The number of nitrogens with zero attached hydrogens (tertiary/aromatic N) is 1. The van der Waals surface area contributed by atoms with Crippen LogP contribution in [0.1, 0.15) is 11.6 Å². The number of halogens is 1. The van der Waals surface area contributed by atoms with E-state index in [0.717, 1.165) is 5.56 Å². The van der Waals surface area contributed by atoms with Crippen molar-refractivity contribution in [3.63, 3.8) is 0 Å². The maximum absolute atomic E-state index is 6.07. The summed E-state index contributed by atoms with van der Waals surface area (Å²) in [6.07, 6.45) is 0. The van der Waals surface area contributed by atoms with Crippen molar-refractivity contribution in [3.05, 3.63) is 34.9 Å². The summed E-state index contributed by atoms with van der Waals surface area (Å²) in [5.41, 5.74) is 6.62. The lowest BCUT2D eigenvalue weighted by atomic mass is 10.1. The van der Waals surface area contributed by atoms with E-state index in [1.54, 1.807) is 0 Å². The van der Waals surface area contributed by atoms with Gasteiger partial charge in [0.2, 0.25) is 0 Å². The normalized spacial score (nSPS) is 12.9. The number of likely N-dealkylation sites (N-methyl/N-ethyl adjacent to an activating group) is 1. The van der Waals surface area contributed by atoms with E-state index >= 15 is 0 Å². The van der Waals surface area contributed by atoms with Crippen LogP contribution in [0.4, 0.5) is 0 Å². The van der Waals surface area contributed by atoms with Crippen molar-refractivity contribution in [2.24, 2.45) is 5.73 Å². The Balaban J connectivity index is 3.12. The SMILES string of the molecule is CN(C)C(C(N)=S)c1ccccc1Cl. The minimum absolute atomic E-state index is 0.0984. The largest absolute Gasteiger partial charge is 0.392 e. The Bertz CT molecular complexity index is 339. The van der Waals surface area contributed by atoms with Crippen molar-refractivity contribution in [1.29, 1.82) is 0 Å². The first-order valence-corrected chi connectivity index (χ1v) is 5.03. The highest BCUT2D eigenvalue weighted by molar-refractivity contribution is 7.80. The number of hydrogen-bond donors (Lipinski definition) is 1. The molecule has 0 aliphatic carbocycles. The van der Waals surface area contributed by atoms with Gasteiger partial charge in [-0.05, 0) is 25.7 Å². The summed E-state index contributed by atoms with van der Waals surface area (Å²) in [7, 11) is 3.85. The monoisotopic (exact) mass is 228 g/mol. The van der Waals surface area contributed by atoms with E-state index in [1.807, 2.05) is 43.3 Å². The zero-order valence-electron chi connectivity index (χ0n) is 8.20. The molecule has 1 unspecified atom stereocenters. The maximum Gasteiger partial charge on any atom is 0.0948 e. The number of thiocarbonyl (C=S) groups is 1. The van der Waals surface area contributed by atoms with Gasteiger partial charge in [0.25, 0.3) is 0 Å². The molecule has 14 heavy (non-hydrogen) atoms. The van der Waals surface area contributed by atoms with Gasteiger partial charge in [0.15, 0.2) is 0 Å². The topological polar surface area (TPSA) is 29.3 Å². The summed E-state index contributed by atoms with van der Waals surface area (Å²) in [6, 6.07) is 7.49. The fraction of sp³-hybridized carbons (Fsp3) is 0.300. The number of nitrogens with two attached hydrogens (primary N) is 1. The molecule has 0 aliphatic heterocycles. The molecule has 0 spiro atoms. The van der Waals surface area contributed by atoms with E-state index in [4.69, 9.17) is 29.6 Å². The first-order chi connectivity index (χ1) is 6.54. The lowest BCUT2D eigenvalue weighted by Crippen LogP contribution is -2.31. The molecule has 0 radical (unpaired) electrons. The van der Waals surface area contributed by atoms with Crippen LogP contribution in [0.15, 0.2) is 24.3 Å². The Morgan fingerprint density at radius 1 is 1.43 bits per heavy atom. The fourth-order valence-corrected chi connectivity index (χ4v) is 1.96. The lowest BCUT2D eigenvalue weighted by molar-refractivity contribution is 0.371.